The lowest BCUT2D eigenvalue weighted by atomic mass is 9.97. The molecule has 0 amide bonds. The van der Waals surface area contributed by atoms with Gasteiger partial charge in [0.05, 0.1) is 6.10 Å². The Hall–Kier alpha value is -1.26. The summed E-state index contributed by atoms with van der Waals surface area (Å²) in [6.07, 6.45) is -11.1. The minimum Gasteiger partial charge on any atom is -0.382 e. The molecule has 5 atom stereocenters. The highest BCUT2D eigenvalue weighted by Gasteiger charge is 2.86. The van der Waals surface area contributed by atoms with Crippen LogP contribution in [0.3, 0.4) is 0 Å². The number of hydrogen-bond acceptors (Lipinski definition) is 6. The molecule has 3 rings (SSSR count). The Labute approximate surface area is 175 Å². The molecule has 0 unspecified atom stereocenters. The van der Waals surface area contributed by atoms with E-state index >= 15 is 0 Å². The summed E-state index contributed by atoms with van der Waals surface area (Å²) >= 11 is 0. The molecular formula is C16H17F9O6S. The standard InChI is InChI=1S/C16H17F9O6S/c1-5-7(6(2)9-11-10(8(5)28-9)29-12(3,4)30-11)31-32(26,27)16(24,25)14(19,20)13(17,18)15(21,22)23/h5,8-11H,1-4H3/t5-,8+,9-,10+,11-/m1/s1. The predicted octanol–water partition coefficient (Wildman–Crippen LogP) is 3.97. The van der Waals surface area contributed by atoms with Crippen LogP contribution < -0.4 is 0 Å². The van der Waals surface area contributed by atoms with Gasteiger partial charge >= 0.3 is 33.4 Å². The van der Waals surface area contributed by atoms with Crippen LogP contribution in [0.5, 0.6) is 0 Å². The van der Waals surface area contributed by atoms with Gasteiger partial charge in [0.2, 0.25) is 0 Å². The van der Waals surface area contributed by atoms with Crippen molar-refractivity contribution in [2.24, 2.45) is 5.92 Å². The van der Waals surface area contributed by atoms with Crippen LogP contribution in [0.15, 0.2) is 11.3 Å². The van der Waals surface area contributed by atoms with Crippen LogP contribution in [0.4, 0.5) is 39.5 Å². The third-order valence-corrected chi connectivity index (χ3v) is 6.72. The van der Waals surface area contributed by atoms with Gasteiger partial charge in [-0.2, -0.15) is 47.9 Å². The highest BCUT2D eigenvalue weighted by atomic mass is 32.2. The lowest BCUT2D eigenvalue weighted by molar-refractivity contribution is -0.382. The molecule has 0 N–H and O–H groups in total. The van der Waals surface area contributed by atoms with E-state index in [-0.39, 0.29) is 5.57 Å². The maximum absolute atomic E-state index is 14.0. The lowest BCUT2D eigenvalue weighted by Gasteiger charge is -2.36. The molecule has 186 valence electrons. The van der Waals surface area contributed by atoms with Gasteiger partial charge in [-0.25, -0.2) is 0 Å². The third kappa shape index (κ3) is 3.31. The SMILES string of the molecule is CC1=C(OS(=O)(=O)C(F)(F)C(F)(F)C(F)(F)C(F)(F)F)[C@@H](C)[C@@H]2O[C@H]1[C@H]1OC(C)(C)O[C@@H]21. The zero-order valence-corrected chi connectivity index (χ0v) is 17.5. The van der Waals surface area contributed by atoms with Crippen LogP contribution in [0.2, 0.25) is 0 Å². The van der Waals surface area contributed by atoms with E-state index in [0.717, 1.165) is 6.92 Å². The summed E-state index contributed by atoms with van der Waals surface area (Å²) in [5, 5.41) is -6.95. The van der Waals surface area contributed by atoms with E-state index in [1.807, 2.05) is 0 Å². The molecule has 3 aliphatic rings. The summed E-state index contributed by atoms with van der Waals surface area (Å²) in [7, 11) is -7.05. The van der Waals surface area contributed by atoms with E-state index < -0.39 is 75.3 Å². The van der Waals surface area contributed by atoms with Crippen molar-refractivity contribution in [3.63, 3.8) is 0 Å². The van der Waals surface area contributed by atoms with Crippen molar-refractivity contribution in [1.29, 1.82) is 0 Å². The molecule has 0 radical (unpaired) electrons. The van der Waals surface area contributed by atoms with E-state index in [9.17, 15) is 47.9 Å². The number of ether oxygens (including phenoxy) is 3. The lowest BCUT2D eigenvalue weighted by Crippen LogP contribution is -2.63. The zero-order chi connectivity index (χ0) is 24.9. The average molecular weight is 508 g/mol. The first-order chi connectivity index (χ1) is 14.1. The first-order valence-electron chi connectivity index (χ1n) is 8.95. The molecular weight excluding hydrogens is 491 g/mol. The van der Waals surface area contributed by atoms with Crippen LogP contribution in [0.25, 0.3) is 0 Å². The van der Waals surface area contributed by atoms with Gasteiger partial charge in [0, 0.05) is 5.92 Å². The molecule has 3 heterocycles. The van der Waals surface area contributed by atoms with Crippen molar-refractivity contribution in [1.82, 2.24) is 0 Å². The van der Waals surface area contributed by atoms with Gasteiger partial charge in [-0.15, -0.1) is 0 Å². The van der Waals surface area contributed by atoms with Crippen molar-refractivity contribution >= 4 is 10.1 Å². The van der Waals surface area contributed by atoms with Crippen LogP contribution >= 0.6 is 0 Å². The molecule has 0 aliphatic carbocycles. The highest BCUT2D eigenvalue weighted by Crippen LogP contribution is 2.56. The quantitative estimate of drug-likeness (QED) is 0.414. The van der Waals surface area contributed by atoms with Gasteiger partial charge in [-0.05, 0) is 26.3 Å². The molecule has 0 aromatic rings. The van der Waals surface area contributed by atoms with Gasteiger partial charge in [0.15, 0.2) is 5.79 Å². The summed E-state index contributed by atoms with van der Waals surface area (Å²) < 4.78 is 163. The van der Waals surface area contributed by atoms with Crippen molar-refractivity contribution in [3.05, 3.63) is 11.3 Å². The fourth-order valence-corrected chi connectivity index (χ4v) is 4.93. The van der Waals surface area contributed by atoms with Gasteiger partial charge < -0.3 is 18.4 Å². The van der Waals surface area contributed by atoms with Crippen LogP contribution in [-0.2, 0) is 28.5 Å². The summed E-state index contributed by atoms with van der Waals surface area (Å²) in [5.41, 5.74) is -0.215. The van der Waals surface area contributed by atoms with E-state index in [1.165, 1.54) is 6.92 Å². The molecule has 32 heavy (non-hydrogen) atoms. The van der Waals surface area contributed by atoms with Crippen LogP contribution in [-0.4, -0.2) is 61.9 Å². The van der Waals surface area contributed by atoms with E-state index in [4.69, 9.17) is 14.2 Å². The zero-order valence-electron chi connectivity index (χ0n) is 16.6. The normalized spacial score (nSPS) is 33.5. The molecule has 0 aromatic heterocycles. The second-order valence-corrected chi connectivity index (χ2v) is 9.71. The third-order valence-electron chi connectivity index (χ3n) is 5.44. The molecule has 2 saturated heterocycles. The Morgan fingerprint density at radius 1 is 0.875 bits per heavy atom. The summed E-state index contributed by atoms with van der Waals surface area (Å²) in [6, 6.07) is 0. The highest BCUT2D eigenvalue weighted by molar-refractivity contribution is 7.88. The monoisotopic (exact) mass is 508 g/mol. The topological polar surface area (TPSA) is 71.1 Å². The molecule has 0 saturated carbocycles. The second-order valence-electron chi connectivity index (χ2n) is 8.12. The van der Waals surface area contributed by atoms with Crippen molar-refractivity contribution in [2.45, 2.75) is 81.2 Å². The molecule has 0 aromatic carbocycles. The molecule has 0 spiro atoms. The first-order valence-corrected chi connectivity index (χ1v) is 10.4. The molecule has 16 heteroatoms. The minimum atomic E-state index is -7.38. The Morgan fingerprint density at radius 2 is 1.38 bits per heavy atom. The summed E-state index contributed by atoms with van der Waals surface area (Å²) in [5.74, 6) is -18.0. The number of fused-ring (bicyclic) bond motifs is 5. The second kappa shape index (κ2) is 6.88. The average Bonchev–Trinajstić information content (AvgIpc) is 3.07. The number of alkyl halides is 9. The van der Waals surface area contributed by atoms with Gasteiger partial charge in [-0.1, -0.05) is 6.92 Å². The Morgan fingerprint density at radius 3 is 1.88 bits per heavy atom. The Kier molecular flexibility index (Phi) is 5.46. The van der Waals surface area contributed by atoms with E-state index in [2.05, 4.69) is 4.18 Å². The fraction of sp³-hybridized carbons (Fsp3) is 0.875. The maximum atomic E-state index is 14.0. The molecule has 2 fully saturated rings. The molecule has 3 aliphatic heterocycles. The van der Waals surface area contributed by atoms with Crippen molar-refractivity contribution in [2.75, 3.05) is 0 Å². The molecule has 2 bridgehead atoms. The van der Waals surface area contributed by atoms with E-state index in [1.54, 1.807) is 13.8 Å². The number of halogens is 9. The van der Waals surface area contributed by atoms with Crippen molar-refractivity contribution in [3.8, 4) is 0 Å². The summed E-state index contributed by atoms with van der Waals surface area (Å²) in [4.78, 5) is 0. The van der Waals surface area contributed by atoms with Gasteiger partial charge in [0.1, 0.15) is 24.1 Å². The van der Waals surface area contributed by atoms with Crippen LogP contribution in [0, 0.1) is 5.92 Å². The van der Waals surface area contributed by atoms with Gasteiger partial charge in [0.25, 0.3) is 0 Å². The Balaban J connectivity index is 1.97. The fourth-order valence-electron chi connectivity index (χ4n) is 3.86. The maximum Gasteiger partial charge on any atom is 0.460 e. The van der Waals surface area contributed by atoms with E-state index in [0.29, 0.717) is 0 Å². The molecule has 6 nitrogen and oxygen atoms in total. The number of hydrogen-bond donors (Lipinski definition) is 0. The Bertz CT molecular complexity index is 927. The minimum absolute atomic E-state index is 0.215. The largest absolute Gasteiger partial charge is 0.460 e. The first kappa shape index (κ1) is 25.4. The number of rotatable bonds is 5. The van der Waals surface area contributed by atoms with Crippen LogP contribution in [0.1, 0.15) is 27.7 Å². The smallest absolute Gasteiger partial charge is 0.382 e. The predicted molar refractivity (Wildman–Crippen MR) is 85.3 cm³/mol. The van der Waals surface area contributed by atoms with Gasteiger partial charge in [-0.3, -0.25) is 0 Å². The summed E-state index contributed by atoms with van der Waals surface area (Å²) in [6.45, 7) is 5.42. The van der Waals surface area contributed by atoms with Crippen molar-refractivity contribution < 1.29 is 66.3 Å².